The van der Waals surface area contributed by atoms with Crippen molar-refractivity contribution in [3.8, 4) is 0 Å². The summed E-state index contributed by atoms with van der Waals surface area (Å²) in [5, 5.41) is 9.46. The molecule has 0 aliphatic heterocycles. The van der Waals surface area contributed by atoms with Crippen LogP contribution < -0.4 is 0 Å². The van der Waals surface area contributed by atoms with Crippen LogP contribution in [0.1, 0.15) is 39.2 Å². The zero-order valence-electron chi connectivity index (χ0n) is 14.2. The van der Waals surface area contributed by atoms with Gasteiger partial charge in [0.2, 0.25) is 0 Å². The molecule has 1 aromatic rings. The second-order valence-corrected chi connectivity index (χ2v) is 6.36. The molecule has 0 bridgehead atoms. The summed E-state index contributed by atoms with van der Waals surface area (Å²) in [7, 11) is 0. The van der Waals surface area contributed by atoms with Crippen molar-refractivity contribution in [2.75, 3.05) is 6.61 Å². The number of aliphatic hydroxyl groups is 1. The van der Waals surface area contributed by atoms with Crippen molar-refractivity contribution >= 4 is 5.97 Å². The number of benzene rings is 1. The van der Waals surface area contributed by atoms with Gasteiger partial charge in [-0.05, 0) is 18.1 Å². The van der Waals surface area contributed by atoms with Gasteiger partial charge in [-0.3, -0.25) is 4.79 Å². The lowest BCUT2D eigenvalue weighted by Crippen LogP contribution is -2.40. The van der Waals surface area contributed by atoms with Crippen LogP contribution in [-0.2, 0) is 15.1 Å². The molecule has 0 saturated carbocycles. The van der Waals surface area contributed by atoms with E-state index in [0.29, 0.717) is 0 Å². The Hall–Kier alpha value is -1.87. The number of ether oxygens (including phenoxy) is 1. The van der Waals surface area contributed by atoms with E-state index in [1.807, 2.05) is 62.4 Å². The standard InChI is InChI=1S/C20H26O3/c1-4-8-18-13-16(14-21)11-12-20(18,23-19(22)15(2)3)17-9-6-5-7-10-17/h5-7,9-13,15,18,21H,4,8,14H2,1-3H3. The van der Waals surface area contributed by atoms with Crippen molar-refractivity contribution in [3.05, 3.63) is 59.7 Å². The number of esters is 1. The van der Waals surface area contributed by atoms with Crippen molar-refractivity contribution < 1.29 is 14.6 Å². The summed E-state index contributed by atoms with van der Waals surface area (Å²) < 4.78 is 6.03. The second kappa shape index (κ2) is 7.60. The predicted molar refractivity (Wildman–Crippen MR) is 91.8 cm³/mol. The van der Waals surface area contributed by atoms with Gasteiger partial charge in [0.05, 0.1) is 12.5 Å². The fourth-order valence-electron chi connectivity index (χ4n) is 2.97. The number of carbonyl (C=O) groups is 1. The first-order chi connectivity index (χ1) is 11.0. The summed E-state index contributed by atoms with van der Waals surface area (Å²) in [4.78, 5) is 12.4. The van der Waals surface area contributed by atoms with E-state index in [4.69, 9.17) is 4.74 Å². The molecule has 0 radical (unpaired) electrons. The number of aliphatic hydroxyl groups excluding tert-OH is 1. The van der Waals surface area contributed by atoms with E-state index < -0.39 is 5.60 Å². The maximum absolute atomic E-state index is 12.4. The van der Waals surface area contributed by atoms with Gasteiger partial charge in [0.1, 0.15) is 0 Å². The first-order valence-corrected chi connectivity index (χ1v) is 8.32. The molecule has 0 aromatic heterocycles. The van der Waals surface area contributed by atoms with Crippen molar-refractivity contribution in [2.45, 2.75) is 39.2 Å². The molecule has 2 atom stereocenters. The number of rotatable bonds is 6. The van der Waals surface area contributed by atoms with Gasteiger partial charge in [-0.2, -0.15) is 0 Å². The van der Waals surface area contributed by atoms with Crippen LogP contribution in [0.4, 0.5) is 0 Å². The lowest BCUT2D eigenvalue weighted by atomic mass is 9.74. The third-order valence-corrected chi connectivity index (χ3v) is 4.26. The van der Waals surface area contributed by atoms with Crippen molar-refractivity contribution in [3.63, 3.8) is 0 Å². The Morgan fingerprint density at radius 2 is 2.00 bits per heavy atom. The molecule has 1 N–H and O–H groups in total. The molecule has 23 heavy (non-hydrogen) atoms. The minimum atomic E-state index is -0.794. The molecule has 1 aromatic carbocycles. The number of carbonyl (C=O) groups excluding carboxylic acids is 1. The summed E-state index contributed by atoms with van der Waals surface area (Å²) in [6, 6.07) is 9.87. The molecule has 0 spiro atoms. The lowest BCUT2D eigenvalue weighted by molar-refractivity contribution is -0.164. The molecule has 0 amide bonds. The molecule has 0 heterocycles. The van der Waals surface area contributed by atoms with Crippen molar-refractivity contribution in [1.82, 2.24) is 0 Å². The maximum Gasteiger partial charge on any atom is 0.309 e. The zero-order valence-corrected chi connectivity index (χ0v) is 14.2. The third-order valence-electron chi connectivity index (χ3n) is 4.26. The Kier molecular flexibility index (Phi) is 5.78. The maximum atomic E-state index is 12.4. The molecular formula is C20H26O3. The van der Waals surface area contributed by atoms with Crippen LogP contribution in [0.3, 0.4) is 0 Å². The highest BCUT2D eigenvalue weighted by Gasteiger charge is 2.42. The lowest BCUT2D eigenvalue weighted by Gasteiger charge is -2.40. The molecule has 2 unspecified atom stereocenters. The Morgan fingerprint density at radius 3 is 2.57 bits per heavy atom. The van der Waals surface area contributed by atoms with Gasteiger partial charge in [-0.25, -0.2) is 0 Å². The molecular weight excluding hydrogens is 288 g/mol. The van der Waals surface area contributed by atoms with E-state index in [9.17, 15) is 9.90 Å². The van der Waals surface area contributed by atoms with Crippen LogP contribution in [0, 0.1) is 11.8 Å². The summed E-state index contributed by atoms with van der Waals surface area (Å²) >= 11 is 0. The second-order valence-electron chi connectivity index (χ2n) is 6.36. The van der Waals surface area contributed by atoms with Gasteiger partial charge in [-0.15, -0.1) is 0 Å². The molecule has 124 valence electrons. The minimum absolute atomic E-state index is 0.000287. The van der Waals surface area contributed by atoms with E-state index in [1.165, 1.54) is 0 Å². The first-order valence-electron chi connectivity index (χ1n) is 8.32. The Labute approximate surface area is 138 Å². The highest BCUT2D eigenvalue weighted by molar-refractivity contribution is 5.72. The van der Waals surface area contributed by atoms with Crippen LogP contribution in [-0.4, -0.2) is 17.7 Å². The Balaban J connectivity index is 2.50. The molecule has 3 nitrogen and oxygen atoms in total. The summed E-state index contributed by atoms with van der Waals surface area (Å²) in [6.45, 7) is 5.80. The molecule has 0 fully saturated rings. The first kappa shape index (κ1) is 17.5. The fourth-order valence-corrected chi connectivity index (χ4v) is 2.97. The monoisotopic (exact) mass is 314 g/mol. The number of hydrogen-bond acceptors (Lipinski definition) is 3. The summed E-state index contributed by atoms with van der Waals surface area (Å²) in [6.07, 6.45) is 7.71. The van der Waals surface area contributed by atoms with E-state index in [2.05, 4.69) is 6.92 Å². The molecule has 2 rings (SSSR count). The topological polar surface area (TPSA) is 46.5 Å². The largest absolute Gasteiger partial charge is 0.449 e. The van der Waals surface area contributed by atoms with Gasteiger partial charge in [0.15, 0.2) is 5.60 Å². The number of hydrogen-bond donors (Lipinski definition) is 1. The van der Waals surface area contributed by atoms with Crippen LogP contribution in [0.25, 0.3) is 0 Å². The molecule has 1 aliphatic rings. The van der Waals surface area contributed by atoms with Gasteiger partial charge in [0, 0.05) is 11.5 Å². The average molecular weight is 314 g/mol. The van der Waals surface area contributed by atoms with Gasteiger partial charge < -0.3 is 9.84 Å². The van der Waals surface area contributed by atoms with Crippen molar-refractivity contribution in [1.29, 1.82) is 0 Å². The van der Waals surface area contributed by atoms with Gasteiger partial charge in [-0.1, -0.05) is 69.7 Å². The Bertz CT molecular complexity index is 586. The van der Waals surface area contributed by atoms with Gasteiger partial charge >= 0.3 is 5.97 Å². The van der Waals surface area contributed by atoms with Crippen LogP contribution in [0.2, 0.25) is 0 Å². The van der Waals surface area contributed by atoms with E-state index in [0.717, 1.165) is 24.0 Å². The zero-order chi connectivity index (χ0) is 16.9. The SMILES string of the molecule is CCCC1C=C(CO)C=CC1(OC(=O)C(C)C)c1ccccc1. The molecule has 0 saturated heterocycles. The average Bonchev–Trinajstić information content (AvgIpc) is 2.57. The van der Waals surface area contributed by atoms with E-state index >= 15 is 0 Å². The Morgan fingerprint density at radius 1 is 1.30 bits per heavy atom. The minimum Gasteiger partial charge on any atom is -0.449 e. The normalized spacial score (nSPS) is 23.7. The molecule has 3 heteroatoms. The van der Waals surface area contributed by atoms with E-state index in [-0.39, 0.29) is 24.4 Å². The van der Waals surface area contributed by atoms with E-state index in [1.54, 1.807) is 0 Å². The highest BCUT2D eigenvalue weighted by Crippen LogP contribution is 2.42. The smallest absolute Gasteiger partial charge is 0.309 e. The highest BCUT2D eigenvalue weighted by atomic mass is 16.6. The van der Waals surface area contributed by atoms with Gasteiger partial charge in [0.25, 0.3) is 0 Å². The van der Waals surface area contributed by atoms with Crippen LogP contribution in [0.15, 0.2) is 54.1 Å². The quantitative estimate of drug-likeness (QED) is 0.808. The summed E-state index contributed by atoms with van der Waals surface area (Å²) in [5.74, 6) is -0.375. The predicted octanol–water partition coefficient (Wildman–Crippen LogP) is 3.99. The van der Waals surface area contributed by atoms with Crippen molar-refractivity contribution in [2.24, 2.45) is 11.8 Å². The third kappa shape index (κ3) is 3.73. The van der Waals surface area contributed by atoms with Crippen LogP contribution >= 0.6 is 0 Å². The summed E-state index contributed by atoms with van der Waals surface area (Å²) in [5.41, 5.74) is 1.05. The molecule has 1 aliphatic carbocycles. The van der Waals surface area contributed by atoms with Crippen LogP contribution in [0.5, 0.6) is 0 Å². The fraction of sp³-hybridized carbons (Fsp3) is 0.450.